The van der Waals surface area contributed by atoms with Crippen LogP contribution in [0.15, 0.2) is 4.42 Å². The summed E-state index contributed by atoms with van der Waals surface area (Å²) in [6.45, 7) is 8.23. The van der Waals surface area contributed by atoms with Gasteiger partial charge in [0.2, 0.25) is 0 Å². The average Bonchev–Trinajstić information content (AvgIpc) is 2.08. The maximum atomic E-state index is 5.46. The highest BCUT2D eigenvalue weighted by molar-refractivity contribution is 14.1. The van der Waals surface area contributed by atoms with Crippen molar-refractivity contribution < 1.29 is 4.42 Å². The molecular formula is C8H12INO. The molecule has 0 bridgehead atoms. The van der Waals surface area contributed by atoms with Gasteiger partial charge in [-0.3, -0.25) is 0 Å². The number of aromatic nitrogens is 1. The summed E-state index contributed by atoms with van der Waals surface area (Å²) in [5.74, 6) is 1.73. The van der Waals surface area contributed by atoms with Crippen LogP contribution in [0.4, 0.5) is 0 Å². The van der Waals surface area contributed by atoms with Crippen LogP contribution in [0.3, 0.4) is 0 Å². The molecule has 0 atom stereocenters. The van der Waals surface area contributed by atoms with Crippen molar-refractivity contribution in [2.24, 2.45) is 0 Å². The van der Waals surface area contributed by atoms with E-state index in [1.807, 2.05) is 6.92 Å². The molecule has 0 aliphatic rings. The highest BCUT2D eigenvalue weighted by Crippen LogP contribution is 2.27. The van der Waals surface area contributed by atoms with Crippen molar-refractivity contribution in [3.05, 3.63) is 15.4 Å². The second kappa shape index (κ2) is 2.77. The Labute approximate surface area is 80.5 Å². The lowest BCUT2D eigenvalue weighted by Gasteiger charge is -2.13. The third kappa shape index (κ3) is 1.95. The maximum Gasteiger partial charge on any atom is 0.192 e. The van der Waals surface area contributed by atoms with E-state index in [0.717, 1.165) is 15.4 Å². The van der Waals surface area contributed by atoms with Gasteiger partial charge in [-0.2, -0.15) is 0 Å². The molecule has 1 rings (SSSR count). The van der Waals surface area contributed by atoms with Crippen molar-refractivity contribution in [1.29, 1.82) is 0 Å². The molecule has 1 heterocycles. The van der Waals surface area contributed by atoms with Crippen molar-refractivity contribution in [1.82, 2.24) is 4.98 Å². The van der Waals surface area contributed by atoms with E-state index in [0.29, 0.717) is 0 Å². The Morgan fingerprint density at radius 3 is 2.09 bits per heavy atom. The van der Waals surface area contributed by atoms with Crippen LogP contribution in [0.2, 0.25) is 0 Å². The van der Waals surface area contributed by atoms with Crippen molar-refractivity contribution in [3.63, 3.8) is 0 Å². The van der Waals surface area contributed by atoms with Crippen molar-refractivity contribution >= 4 is 22.6 Å². The summed E-state index contributed by atoms with van der Waals surface area (Å²) in [6.07, 6.45) is 0. The number of aryl methyl sites for hydroxylation is 1. The Kier molecular flexibility index (Phi) is 2.27. The lowest BCUT2D eigenvalue weighted by Crippen LogP contribution is -2.11. The average molecular weight is 265 g/mol. The first-order chi connectivity index (χ1) is 4.91. The number of oxazole rings is 1. The molecule has 11 heavy (non-hydrogen) atoms. The van der Waals surface area contributed by atoms with Gasteiger partial charge in [0.05, 0.1) is 0 Å². The van der Waals surface area contributed by atoms with E-state index in [9.17, 15) is 0 Å². The van der Waals surface area contributed by atoms with Crippen molar-refractivity contribution in [2.45, 2.75) is 33.1 Å². The number of rotatable bonds is 0. The van der Waals surface area contributed by atoms with Gasteiger partial charge in [0.15, 0.2) is 5.89 Å². The Hall–Kier alpha value is -0.0600. The number of hydrogen-bond donors (Lipinski definition) is 0. The quantitative estimate of drug-likeness (QED) is 0.674. The number of halogens is 1. The molecule has 2 nitrogen and oxygen atoms in total. The van der Waals surface area contributed by atoms with Gasteiger partial charge >= 0.3 is 0 Å². The summed E-state index contributed by atoms with van der Waals surface area (Å²) in [5, 5.41) is 0. The van der Waals surface area contributed by atoms with Gasteiger partial charge < -0.3 is 4.42 Å². The highest BCUT2D eigenvalue weighted by Gasteiger charge is 2.22. The second-order valence-corrected chi connectivity index (χ2v) is 4.62. The van der Waals surface area contributed by atoms with Crippen LogP contribution in [-0.4, -0.2) is 4.98 Å². The van der Waals surface area contributed by atoms with E-state index in [4.69, 9.17) is 4.42 Å². The third-order valence-electron chi connectivity index (χ3n) is 1.37. The summed E-state index contributed by atoms with van der Waals surface area (Å²) in [7, 11) is 0. The zero-order valence-electron chi connectivity index (χ0n) is 7.23. The molecule has 0 spiro atoms. The first-order valence-electron chi connectivity index (χ1n) is 3.54. The van der Waals surface area contributed by atoms with Gasteiger partial charge in [-0.1, -0.05) is 20.8 Å². The van der Waals surface area contributed by atoms with Crippen LogP contribution < -0.4 is 0 Å². The van der Waals surface area contributed by atoms with Crippen LogP contribution in [0, 0.1) is 10.6 Å². The molecule has 3 heteroatoms. The van der Waals surface area contributed by atoms with E-state index in [1.54, 1.807) is 0 Å². The fourth-order valence-electron chi connectivity index (χ4n) is 0.864. The minimum absolute atomic E-state index is 0.0672. The summed E-state index contributed by atoms with van der Waals surface area (Å²) in [5.41, 5.74) is 0.0672. The molecule has 0 aromatic carbocycles. The van der Waals surface area contributed by atoms with Crippen LogP contribution in [0.5, 0.6) is 0 Å². The fourth-order valence-corrected chi connectivity index (χ4v) is 2.12. The maximum absolute atomic E-state index is 5.46. The van der Waals surface area contributed by atoms with Gasteiger partial charge in [-0.25, -0.2) is 4.98 Å². The molecule has 1 aromatic rings. The predicted molar refractivity (Wildman–Crippen MR) is 52.7 cm³/mol. The van der Waals surface area contributed by atoms with Gasteiger partial charge in [0.1, 0.15) is 9.46 Å². The van der Waals surface area contributed by atoms with Crippen molar-refractivity contribution in [3.8, 4) is 0 Å². The molecule has 0 aliphatic carbocycles. The largest absolute Gasteiger partial charge is 0.444 e. The highest BCUT2D eigenvalue weighted by atomic mass is 127. The van der Waals surface area contributed by atoms with Crippen LogP contribution >= 0.6 is 22.6 Å². The molecule has 0 saturated carbocycles. The molecule has 0 N–H and O–H groups in total. The number of hydrogen-bond acceptors (Lipinski definition) is 2. The molecule has 0 saturated heterocycles. The summed E-state index contributed by atoms with van der Waals surface area (Å²) < 4.78 is 6.44. The summed E-state index contributed by atoms with van der Waals surface area (Å²) in [6, 6.07) is 0. The van der Waals surface area contributed by atoms with Gasteiger partial charge in [0.25, 0.3) is 0 Å². The van der Waals surface area contributed by atoms with Crippen LogP contribution in [0.1, 0.15) is 32.4 Å². The normalized spacial score (nSPS) is 12.1. The molecule has 1 aromatic heterocycles. The molecule has 0 radical (unpaired) electrons. The van der Waals surface area contributed by atoms with Crippen LogP contribution in [0.25, 0.3) is 0 Å². The second-order valence-electron chi connectivity index (χ2n) is 3.60. The van der Waals surface area contributed by atoms with Crippen LogP contribution in [-0.2, 0) is 5.41 Å². The van der Waals surface area contributed by atoms with E-state index in [1.165, 1.54) is 0 Å². The van der Waals surface area contributed by atoms with Gasteiger partial charge in [0, 0.05) is 12.3 Å². The van der Waals surface area contributed by atoms with Gasteiger partial charge in [-0.05, 0) is 22.6 Å². The first-order valence-corrected chi connectivity index (χ1v) is 4.62. The standard InChI is InChI=1S/C8H12INO/c1-5-10-7(9)6(11-5)8(2,3)4/h1-4H3. The summed E-state index contributed by atoms with van der Waals surface area (Å²) >= 11 is 2.20. The van der Waals surface area contributed by atoms with E-state index < -0.39 is 0 Å². The van der Waals surface area contributed by atoms with Gasteiger partial charge in [-0.15, -0.1) is 0 Å². The van der Waals surface area contributed by atoms with Crippen molar-refractivity contribution in [2.75, 3.05) is 0 Å². The Balaban J connectivity index is 3.13. The third-order valence-corrected chi connectivity index (χ3v) is 2.11. The Morgan fingerprint density at radius 1 is 1.36 bits per heavy atom. The first kappa shape index (κ1) is 9.03. The predicted octanol–water partition coefficient (Wildman–Crippen LogP) is 2.89. The monoisotopic (exact) mass is 265 g/mol. The smallest absolute Gasteiger partial charge is 0.192 e. The molecule has 0 unspecified atom stereocenters. The topological polar surface area (TPSA) is 26.0 Å². The number of nitrogens with zero attached hydrogens (tertiary/aromatic N) is 1. The molecule has 0 amide bonds. The van der Waals surface area contributed by atoms with E-state index >= 15 is 0 Å². The SMILES string of the molecule is Cc1nc(I)c(C(C)(C)C)o1. The Morgan fingerprint density at radius 2 is 1.91 bits per heavy atom. The van der Waals surface area contributed by atoms with E-state index in [-0.39, 0.29) is 5.41 Å². The summed E-state index contributed by atoms with van der Waals surface area (Å²) in [4.78, 5) is 4.20. The lowest BCUT2D eigenvalue weighted by molar-refractivity contribution is 0.390. The molecule has 0 fully saturated rings. The Bertz CT molecular complexity index is 260. The zero-order chi connectivity index (χ0) is 8.65. The minimum atomic E-state index is 0.0672. The van der Waals surface area contributed by atoms with E-state index in [2.05, 4.69) is 48.3 Å². The zero-order valence-corrected chi connectivity index (χ0v) is 9.39. The molecule has 0 aliphatic heterocycles. The minimum Gasteiger partial charge on any atom is -0.444 e. The lowest BCUT2D eigenvalue weighted by atomic mass is 9.94. The fraction of sp³-hybridized carbons (Fsp3) is 0.625. The molecule has 62 valence electrons. The molecular weight excluding hydrogens is 253 g/mol.